The normalized spacial score (nSPS) is 36.8. The molecule has 2 nitrogen and oxygen atoms in total. The van der Waals surface area contributed by atoms with Crippen LogP contribution in [0.4, 0.5) is 0 Å². The molecule has 3 rings (SSSR count). The van der Waals surface area contributed by atoms with Crippen molar-refractivity contribution in [2.24, 2.45) is 0 Å². The third-order valence-electron chi connectivity index (χ3n) is 2.96. The van der Waals surface area contributed by atoms with Gasteiger partial charge in [0.1, 0.15) is 11.7 Å². The number of hydrogen-bond acceptors (Lipinski definition) is 2. The van der Waals surface area contributed by atoms with Gasteiger partial charge in [-0.2, -0.15) is 0 Å². The summed E-state index contributed by atoms with van der Waals surface area (Å²) in [5.41, 5.74) is 1.32. The topological polar surface area (TPSA) is 21.8 Å². The minimum absolute atomic E-state index is 0.0134. The van der Waals surface area contributed by atoms with Gasteiger partial charge in [-0.25, -0.2) is 0 Å². The maximum Gasteiger partial charge on any atom is 0.124 e. The van der Waals surface area contributed by atoms with Crippen molar-refractivity contribution in [2.45, 2.75) is 18.1 Å². The molecule has 2 aliphatic heterocycles. The van der Waals surface area contributed by atoms with Crippen LogP contribution in [-0.2, 0) is 15.1 Å². The van der Waals surface area contributed by atoms with Crippen LogP contribution in [0.2, 0.25) is 0 Å². The second kappa shape index (κ2) is 2.56. The predicted molar refractivity (Wildman–Crippen MR) is 48.4 cm³/mol. The first-order valence-corrected chi connectivity index (χ1v) is 4.73. The number of rotatable bonds is 1. The van der Waals surface area contributed by atoms with Crippen LogP contribution in [0.5, 0.6) is 0 Å². The monoisotopic (exact) mass is 176 g/mol. The molecule has 2 aliphatic rings. The molecule has 2 heteroatoms. The summed E-state index contributed by atoms with van der Waals surface area (Å²) in [5.74, 6) is 0. The first-order valence-electron chi connectivity index (χ1n) is 4.73. The Morgan fingerprint density at radius 1 is 1.23 bits per heavy atom. The second-order valence-corrected chi connectivity index (χ2v) is 3.69. The minimum atomic E-state index is 0.0134. The molecule has 0 radical (unpaired) electrons. The van der Waals surface area contributed by atoms with E-state index >= 15 is 0 Å². The summed E-state index contributed by atoms with van der Waals surface area (Å²) >= 11 is 0. The molecular formula is C11H12O2. The molecule has 0 aliphatic carbocycles. The third kappa shape index (κ3) is 1.02. The fourth-order valence-corrected chi connectivity index (χ4v) is 2.14. The smallest absolute Gasteiger partial charge is 0.124 e. The van der Waals surface area contributed by atoms with Crippen LogP contribution in [0.3, 0.4) is 0 Å². The second-order valence-electron chi connectivity index (χ2n) is 3.69. The summed E-state index contributed by atoms with van der Waals surface area (Å²) in [5, 5.41) is 0. The molecule has 0 saturated carbocycles. The molecule has 13 heavy (non-hydrogen) atoms. The van der Waals surface area contributed by atoms with Gasteiger partial charge in [0.15, 0.2) is 0 Å². The standard InChI is InChI=1S/C11H12O2/c1-2-4-9(5-3-1)11-6-7-12-8-10(11)13-11/h1-5,10H,6-8H2/t10-,11-/m0/s1. The summed E-state index contributed by atoms with van der Waals surface area (Å²) in [6.07, 6.45) is 1.31. The average molecular weight is 176 g/mol. The number of fused-ring (bicyclic) bond motifs is 1. The Bertz CT molecular complexity index is 309. The largest absolute Gasteiger partial charge is 0.378 e. The van der Waals surface area contributed by atoms with E-state index in [2.05, 4.69) is 24.3 Å². The van der Waals surface area contributed by atoms with Gasteiger partial charge in [0.05, 0.1) is 6.61 Å². The summed E-state index contributed by atoms with van der Waals surface area (Å²) in [7, 11) is 0. The predicted octanol–water partition coefficient (Wildman–Crippen LogP) is 1.70. The van der Waals surface area contributed by atoms with E-state index in [0.717, 1.165) is 19.6 Å². The number of hydrogen-bond donors (Lipinski definition) is 0. The molecule has 0 amide bonds. The lowest BCUT2D eigenvalue weighted by molar-refractivity contribution is 0.0975. The van der Waals surface area contributed by atoms with E-state index in [9.17, 15) is 0 Å². The maximum absolute atomic E-state index is 5.73. The lowest BCUT2D eigenvalue weighted by Gasteiger charge is -2.17. The highest BCUT2D eigenvalue weighted by molar-refractivity contribution is 5.29. The summed E-state index contributed by atoms with van der Waals surface area (Å²) in [6.45, 7) is 1.58. The number of benzene rings is 1. The van der Waals surface area contributed by atoms with Crippen molar-refractivity contribution in [3.63, 3.8) is 0 Å². The van der Waals surface area contributed by atoms with Crippen molar-refractivity contribution in [1.82, 2.24) is 0 Å². The van der Waals surface area contributed by atoms with Gasteiger partial charge in [-0.05, 0) is 5.56 Å². The van der Waals surface area contributed by atoms with Crippen molar-refractivity contribution in [1.29, 1.82) is 0 Å². The van der Waals surface area contributed by atoms with Crippen LogP contribution in [0, 0.1) is 0 Å². The molecule has 1 aromatic carbocycles. The SMILES string of the molecule is c1ccc([C@@]23CCOC[C@@H]2O3)cc1. The van der Waals surface area contributed by atoms with Crippen molar-refractivity contribution >= 4 is 0 Å². The van der Waals surface area contributed by atoms with Gasteiger partial charge in [-0.1, -0.05) is 30.3 Å². The van der Waals surface area contributed by atoms with Crippen LogP contribution in [0.1, 0.15) is 12.0 Å². The Morgan fingerprint density at radius 2 is 2.08 bits per heavy atom. The average Bonchev–Trinajstić information content (AvgIpc) is 2.94. The zero-order valence-electron chi connectivity index (χ0n) is 7.40. The van der Waals surface area contributed by atoms with Gasteiger partial charge in [0, 0.05) is 13.0 Å². The highest BCUT2D eigenvalue weighted by Gasteiger charge is 2.59. The van der Waals surface area contributed by atoms with Crippen LogP contribution in [0.25, 0.3) is 0 Å². The van der Waals surface area contributed by atoms with E-state index in [1.54, 1.807) is 0 Å². The number of epoxide rings is 1. The van der Waals surface area contributed by atoms with Crippen molar-refractivity contribution in [3.8, 4) is 0 Å². The Morgan fingerprint density at radius 3 is 2.85 bits per heavy atom. The molecule has 2 atom stereocenters. The highest BCUT2D eigenvalue weighted by atomic mass is 16.6. The van der Waals surface area contributed by atoms with Crippen LogP contribution in [0.15, 0.2) is 30.3 Å². The highest BCUT2D eigenvalue weighted by Crippen LogP contribution is 2.51. The molecule has 2 heterocycles. The summed E-state index contributed by atoms with van der Waals surface area (Å²) < 4.78 is 11.1. The third-order valence-corrected chi connectivity index (χ3v) is 2.96. The van der Waals surface area contributed by atoms with Crippen LogP contribution in [-0.4, -0.2) is 19.3 Å². The lowest BCUT2D eigenvalue weighted by atomic mass is 9.91. The molecule has 68 valence electrons. The van der Waals surface area contributed by atoms with E-state index in [0.29, 0.717) is 6.10 Å². The van der Waals surface area contributed by atoms with E-state index in [1.807, 2.05) is 6.07 Å². The maximum atomic E-state index is 5.73. The van der Waals surface area contributed by atoms with Gasteiger partial charge in [0.25, 0.3) is 0 Å². The van der Waals surface area contributed by atoms with E-state index in [-0.39, 0.29) is 5.60 Å². The van der Waals surface area contributed by atoms with E-state index < -0.39 is 0 Å². The van der Waals surface area contributed by atoms with Crippen molar-refractivity contribution in [2.75, 3.05) is 13.2 Å². The van der Waals surface area contributed by atoms with Gasteiger partial charge in [0.2, 0.25) is 0 Å². The van der Waals surface area contributed by atoms with Crippen LogP contribution >= 0.6 is 0 Å². The molecule has 1 aromatic rings. The van der Waals surface area contributed by atoms with Crippen molar-refractivity contribution in [3.05, 3.63) is 35.9 Å². The first kappa shape index (κ1) is 7.54. The molecule has 2 saturated heterocycles. The fourth-order valence-electron chi connectivity index (χ4n) is 2.14. The Hall–Kier alpha value is -0.860. The van der Waals surface area contributed by atoms with E-state index in [1.165, 1.54) is 5.56 Å². The summed E-state index contributed by atoms with van der Waals surface area (Å²) in [4.78, 5) is 0. The van der Waals surface area contributed by atoms with Crippen molar-refractivity contribution < 1.29 is 9.47 Å². The molecular weight excluding hydrogens is 164 g/mol. The van der Waals surface area contributed by atoms with Gasteiger partial charge < -0.3 is 9.47 Å². The van der Waals surface area contributed by atoms with E-state index in [4.69, 9.17) is 9.47 Å². The Kier molecular flexibility index (Phi) is 1.49. The Balaban J connectivity index is 1.94. The Labute approximate surface area is 77.5 Å². The quantitative estimate of drug-likeness (QED) is 0.607. The molecule has 0 spiro atoms. The minimum Gasteiger partial charge on any atom is -0.378 e. The fraction of sp³-hybridized carbons (Fsp3) is 0.455. The molecule has 0 aromatic heterocycles. The first-order chi connectivity index (χ1) is 6.42. The molecule has 0 unspecified atom stereocenters. The lowest BCUT2D eigenvalue weighted by Crippen LogP contribution is -2.24. The zero-order chi connectivity index (χ0) is 8.73. The molecule has 2 fully saturated rings. The molecule has 0 bridgehead atoms. The van der Waals surface area contributed by atoms with Gasteiger partial charge in [-0.3, -0.25) is 0 Å². The van der Waals surface area contributed by atoms with Gasteiger partial charge >= 0.3 is 0 Å². The molecule has 0 N–H and O–H groups in total. The summed E-state index contributed by atoms with van der Waals surface area (Å²) in [6, 6.07) is 10.5. The van der Waals surface area contributed by atoms with Gasteiger partial charge in [-0.15, -0.1) is 0 Å². The number of ether oxygens (including phenoxy) is 2. The zero-order valence-corrected chi connectivity index (χ0v) is 7.40. The van der Waals surface area contributed by atoms with Crippen LogP contribution < -0.4 is 0 Å².